The summed E-state index contributed by atoms with van der Waals surface area (Å²) in [4.78, 5) is 31.0. The van der Waals surface area contributed by atoms with Gasteiger partial charge in [0.25, 0.3) is 5.91 Å². The van der Waals surface area contributed by atoms with Crippen LogP contribution in [-0.2, 0) is 11.3 Å². The number of thiazole rings is 1. The van der Waals surface area contributed by atoms with Gasteiger partial charge in [-0.25, -0.2) is 4.98 Å². The monoisotopic (exact) mass is 532 g/mol. The normalized spacial score (nSPS) is 11.6. The average Bonchev–Trinajstić information content (AvgIpc) is 3.46. The van der Waals surface area contributed by atoms with E-state index in [1.54, 1.807) is 18.2 Å². The van der Waals surface area contributed by atoms with Gasteiger partial charge in [-0.2, -0.15) is 0 Å². The molecule has 0 unspecified atom stereocenters. The van der Waals surface area contributed by atoms with Crippen LogP contribution in [0.1, 0.15) is 39.6 Å². The Hall–Kier alpha value is -3.76. The van der Waals surface area contributed by atoms with Gasteiger partial charge in [-0.05, 0) is 32.9 Å². The summed E-state index contributed by atoms with van der Waals surface area (Å²) in [5.74, 6) is 0.349. The molecule has 1 atom stereocenters. The highest BCUT2D eigenvalue weighted by molar-refractivity contribution is 7.99. The SMILES string of the molecule is C=CCn1c(SCC(=O)Nc2nc(-c3ccccc3)c(C)s2)nnc1[C@H](C)NC(=O)c1ccc(C)cc1. The second-order valence-electron chi connectivity index (χ2n) is 8.43. The van der Waals surface area contributed by atoms with Crippen molar-refractivity contribution < 1.29 is 9.59 Å². The van der Waals surface area contributed by atoms with Crippen LogP contribution in [-0.4, -0.2) is 37.3 Å². The summed E-state index contributed by atoms with van der Waals surface area (Å²) in [5.41, 5.74) is 3.54. The fourth-order valence-electron chi connectivity index (χ4n) is 3.68. The number of amides is 2. The molecule has 8 nitrogen and oxygen atoms in total. The quantitative estimate of drug-likeness (QED) is 0.209. The van der Waals surface area contributed by atoms with Gasteiger partial charge >= 0.3 is 0 Å². The fraction of sp³-hybridized carbons (Fsp3) is 0.222. The number of aromatic nitrogens is 4. The van der Waals surface area contributed by atoms with E-state index in [4.69, 9.17) is 0 Å². The van der Waals surface area contributed by atoms with Crippen LogP contribution in [0.15, 0.2) is 72.4 Å². The van der Waals surface area contributed by atoms with Crippen LogP contribution in [0.25, 0.3) is 11.3 Å². The van der Waals surface area contributed by atoms with E-state index in [0.717, 1.165) is 21.7 Å². The van der Waals surface area contributed by atoms with Crippen LogP contribution < -0.4 is 10.6 Å². The van der Waals surface area contributed by atoms with Crippen LogP contribution in [0.3, 0.4) is 0 Å². The van der Waals surface area contributed by atoms with Crippen molar-refractivity contribution in [2.45, 2.75) is 38.5 Å². The van der Waals surface area contributed by atoms with Gasteiger partial charge in [-0.15, -0.1) is 28.1 Å². The molecule has 0 fully saturated rings. The highest BCUT2D eigenvalue weighted by atomic mass is 32.2. The Kier molecular flexibility index (Phi) is 8.52. The van der Waals surface area contributed by atoms with E-state index in [1.165, 1.54) is 23.1 Å². The maximum atomic E-state index is 12.7. The number of allylic oxidation sites excluding steroid dienone is 1. The number of carbonyl (C=O) groups excluding carboxylic acids is 2. The predicted octanol–water partition coefficient (Wildman–Crippen LogP) is 5.43. The number of nitrogens with one attached hydrogen (secondary N) is 2. The first kappa shape index (κ1) is 26.3. The average molecular weight is 533 g/mol. The van der Waals surface area contributed by atoms with Crippen LogP contribution in [0, 0.1) is 13.8 Å². The number of thioether (sulfide) groups is 1. The minimum absolute atomic E-state index is 0.138. The van der Waals surface area contributed by atoms with Crippen molar-refractivity contribution in [2.24, 2.45) is 0 Å². The first-order valence-corrected chi connectivity index (χ1v) is 13.5. The van der Waals surface area contributed by atoms with Gasteiger partial charge in [0.15, 0.2) is 16.1 Å². The molecule has 37 heavy (non-hydrogen) atoms. The summed E-state index contributed by atoms with van der Waals surface area (Å²) < 4.78 is 1.85. The lowest BCUT2D eigenvalue weighted by Crippen LogP contribution is -2.28. The summed E-state index contributed by atoms with van der Waals surface area (Å²) in [6.07, 6.45) is 1.73. The van der Waals surface area contributed by atoms with Gasteiger partial charge in [-0.3, -0.25) is 9.59 Å². The minimum Gasteiger partial charge on any atom is -0.342 e. The number of nitrogens with zero attached hydrogens (tertiary/aromatic N) is 4. The van der Waals surface area contributed by atoms with Gasteiger partial charge in [-0.1, -0.05) is 65.9 Å². The first-order valence-electron chi connectivity index (χ1n) is 11.7. The van der Waals surface area contributed by atoms with Crippen molar-refractivity contribution in [1.82, 2.24) is 25.1 Å². The smallest absolute Gasteiger partial charge is 0.251 e. The first-order chi connectivity index (χ1) is 17.9. The van der Waals surface area contributed by atoms with Gasteiger partial charge in [0.2, 0.25) is 5.91 Å². The summed E-state index contributed by atoms with van der Waals surface area (Å²) in [5, 5.41) is 15.5. The second-order valence-corrected chi connectivity index (χ2v) is 10.6. The van der Waals surface area contributed by atoms with E-state index < -0.39 is 0 Å². The Balaban J connectivity index is 1.39. The highest BCUT2D eigenvalue weighted by Gasteiger charge is 2.21. The van der Waals surface area contributed by atoms with E-state index in [2.05, 4.69) is 32.4 Å². The molecule has 2 heterocycles. The molecule has 2 N–H and O–H groups in total. The largest absolute Gasteiger partial charge is 0.342 e. The lowest BCUT2D eigenvalue weighted by atomic mass is 10.1. The Labute approximate surface area is 224 Å². The number of aryl methyl sites for hydroxylation is 2. The Morgan fingerprint density at radius 2 is 1.84 bits per heavy atom. The number of benzene rings is 2. The molecule has 0 aliphatic carbocycles. The second kappa shape index (κ2) is 12.0. The third kappa shape index (κ3) is 6.52. The zero-order chi connectivity index (χ0) is 26.4. The summed E-state index contributed by atoms with van der Waals surface area (Å²) >= 11 is 2.71. The van der Waals surface area contributed by atoms with Gasteiger partial charge < -0.3 is 15.2 Å². The fourth-order valence-corrected chi connectivity index (χ4v) is 5.28. The van der Waals surface area contributed by atoms with Crippen LogP contribution >= 0.6 is 23.1 Å². The van der Waals surface area contributed by atoms with Gasteiger partial charge in [0, 0.05) is 22.5 Å². The molecule has 2 aromatic heterocycles. The third-order valence-corrected chi connectivity index (χ3v) is 7.38. The molecule has 0 aliphatic rings. The topological polar surface area (TPSA) is 102 Å². The van der Waals surface area contributed by atoms with Gasteiger partial charge in [0.1, 0.15) is 0 Å². The summed E-state index contributed by atoms with van der Waals surface area (Å²) in [6, 6.07) is 16.9. The molecule has 0 spiro atoms. The molecule has 4 rings (SSSR count). The van der Waals surface area contributed by atoms with E-state index in [-0.39, 0.29) is 23.6 Å². The zero-order valence-corrected chi connectivity index (χ0v) is 22.5. The molecule has 0 saturated heterocycles. The Bertz CT molecular complexity index is 1400. The van der Waals surface area contributed by atoms with Crippen LogP contribution in [0.4, 0.5) is 5.13 Å². The zero-order valence-electron chi connectivity index (χ0n) is 20.9. The molecule has 4 aromatic rings. The van der Waals surface area contributed by atoms with Crippen molar-refractivity contribution in [3.63, 3.8) is 0 Å². The van der Waals surface area contributed by atoms with E-state index in [9.17, 15) is 9.59 Å². The molecule has 2 aromatic carbocycles. The Morgan fingerprint density at radius 3 is 2.54 bits per heavy atom. The number of hydrogen-bond acceptors (Lipinski definition) is 7. The number of rotatable bonds is 10. The van der Waals surface area contributed by atoms with Crippen molar-refractivity contribution in [2.75, 3.05) is 11.1 Å². The summed E-state index contributed by atoms with van der Waals surface area (Å²) in [6.45, 7) is 10.1. The predicted molar refractivity (Wildman–Crippen MR) is 149 cm³/mol. The van der Waals surface area contributed by atoms with E-state index in [1.807, 2.05) is 67.8 Å². The molecule has 190 valence electrons. The van der Waals surface area contributed by atoms with Crippen LogP contribution in [0.5, 0.6) is 0 Å². The molecule has 0 saturated carbocycles. The molecular formula is C27H28N6O2S2. The van der Waals surface area contributed by atoms with Crippen molar-refractivity contribution in [1.29, 1.82) is 0 Å². The lowest BCUT2D eigenvalue weighted by molar-refractivity contribution is -0.113. The highest BCUT2D eigenvalue weighted by Crippen LogP contribution is 2.30. The van der Waals surface area contributed by atoms with E-state index in [0.29, 0.717) is 28.2 Å². The van der Waals surface area contributed by atoms with Crippen molar-refractivity contribution >= 4 is 40.0 Å². The molecular weight excluding hydrogens is 504 g/mol. The van der Waals surface area contributed by atoms with Crippen molar-refractivity contribution in [3.8, 4) is 11.3 Å². The Morgan fingerprint density at radius 1 is 1.11 bits per heavy atom. The summed E-state index contributed by atoms with van der Waals surface area (Å²) in [7, 11) is 0. The standard InChI is InChI=1S/C27H28N6O2S2/c1-5-15-33-24(18(3)28-25(35)21-13-11-17(2)12-14-21)31-32-27(33)36-16-22(34)29-26-30-23(19(4)37-26)20-9-7-6-8-10-20/h5-14,18H,1,15-16H2,2-4H3,(H,28,35)(H,29,30,34)/t18-/m0/s1. The molecule has 0 bridgehead atoms. The third-order valence-electron chi connectivity index (χ3n) is 5.53. The van der Waals surface area contributed by atoms with Crippen LogP contribution in [0.2, 0.25) is 0 Å². The van der Waals surface area contributed by atoms with Gasteiger partial charge in [0.05, 0.1) is 17.5 Å². The maximum Gasteiger partial charge on any atom is 0.251 e. The molecule has 0 aliphatic heterocycles. The number of anilines is 1. The molecule has 2 amide bonds. The van der Waals surface area contributed by atoms with E-state index >= 15 is 0 Å². The molecule has 0 radical (unpaired) electrons. The maximum absolute atomic E-state index is 12.7. The number of hydrogen-bond donors (Lipinski definition) is 2. The molecule has 10 heteroatoms. The lowest BCUT2D eigenvalue weighted by Gasteiger charge is -2.15. The number of carbonyl (C=O) groups is 2. The minimum atomic E-state index is -0.390. The van der Waals surface area contributed by atoms with Crippen molar-refractivity contribution in [3.05, 3.63) is 89.1 Å².